The maximum atomic E-state index is 6.47. The number of methoxy groups -OCH3 is 1. The Bertz CT molecular complexity index is 374. The summed E-state index contributed by atoms with van der Waals surface area (Å²) in [6.07, 6.45) is 5.11. The SMILES string of the molecule is COc1ccc(CC2(N)C3CCCC32)cc1. The van der Waals surface area contributed by atoms with Crippen molar-refractivity contribution in [2.24, 2.45) is 17.6 Å². The molecule has 0 spiro atoms. The molecule has 2 N–H and O–H groups in total. The molecule has 2 heteroatoms. The summed E-state index contributed by atoms with van der Waals surface area (Å²) in [5.74, 6) is 2.52. The van der Waals surface area contributed by atoms with E-state index in [0.717, 1.165) is 24.0 Å². The van der Waals surface area contributed by atoms with Gasteiger partial charge in [-0.25, -0.2) is 0 Å². The molecule has 2 nitrogen and oxygen atoms in total. The van der Waals surface area contributed by atoms with E-state index in [2.05, 4.69) is 12.1 Å². The van der Waals surface area contributed by atoms with Gasteiger partial charge in [0.05, 0.1) is 7.11 Å². The molecule has 2 aliphatic carbocycles. The van der Waals surface area contributed by atoms with Crippen LogP contribution in [0.25, 0.3) is 0 Å². The summed E-state index contributed by atoms with van der Waals surface area (Å²) in [7, 11) is 1.70. The maximum Gasteiger partial charge on any atom is 0.118 e. The first-order valence-electron chi connectivity index (χ1n) is 6.16. The van der Waals surface area contributed by atoms with E-state index in [4.69, 9.17) is 10.5 Å². The molecule has 0 saturated heterocycles. The van der Waals surface area contributed by atoms with Crippen LogP contribution in [-0.2, 0) is 6.42 Å². The standard InChI is InChI=1S/C14H19NO/c1-16-11-7-5-10(6-8-11)9-14(15)12-3-2-4-13(12)14/h5-8,12-13H,2-4,9,15H2,1H3. The Morgan fingerprint density at radius 2 is 1.88 bits per heavy atom. The van der Waals surface area contributed by atoms with Crippen molar-refractivity contribution in [1.82, 2.24) is 0 Å². The lowest BCUT2D eigenvalue weighted by Crippen LogP contribution is -2.31. The van der Waals surface area contributed by atoms with Crippen LogP contribution in [0.3, 0.4) is 0 Å². The Kier molecular flexibility index (Phi) is 2.21. The maximum absolute atomic E-state index is 6.47. The summed E-state index contributed by atoms with van der Waals surface area (Å²) < 4.78 is 5.16. The molecule has 0 aromatic heterocycles. The van der Waals surface area contributed by atoms with Gasteiger partial charge in [-0.1, -0.05) is 18.6 Å². The van der Waals surface area contributed by atoms with E-state index >= 15 is 0 Å². The van der Waals surface area contributed by atoms with Gasteiger partial charge in [0, 0.05) is 5.54 Å². The molecule has 0 heterocycles. The Morgan fingerprint density at radius 3 is 2.44 bits per heavy atom. The molecule has 2 saturated carbocycles. The topological polar surface area (TPSA) is 35.2 Å². The van der Waals surface area contributed by atoms with Crippen LogP contribution in [0.15, 0.2) is 24.3 Å². The van der Waals surface area contributed by atoms with E-state index in [1.54, 1.807) is 7.11 Å². The van der Waals surface area contributed by atoms with Crippen molar-refractivity contribution in [3.8, 4) is 5.75 Å². The van der Waals surface area contributed by atoms with E-state index in [0.29, 0.717) is 0 Å². The van der Waals surface area contributed by atoms with Crippen LogP contribution in [0.1, 0.15) is 24.8 Å². The van der Waals surface area contributed by atoms with Crippen LogP contribution in [0.2, 0.25) is 0 Å². The van der Waals surface area contributed by atoms with Crippen molar-refractivity contribution >= 4 is 0 Å². The fourth-order valence-electron chi connectivity index (χ4n) is 3.49. The van der Waals surface area contributed by atoms with E-state index in [9.17, 15) is 0 Å². The number of hydrogen-bond donors (Lipinski definition) is 1. The first kappa shape index (κ1) is 10.2. The second-order valence-corrected chi connectivity index (χ2v) is 5.28. The van der Waals surface area contributed by atoms with Crippen LogP contribution in [-0.4, -0.2) is 12.6 Å². The van der Waals surface area contributed by atoms with Gasteiger partial charge in [0.1, 0.15) is 5.75 Å². The Balaban J connectivity index is 1.70. The average Bonchev–Trinajstić information content (AvgIpc) is 2.73. The summed E-state index contributed by atoms with van der Waals surface area (Å²) in [6.45, 7) is 0. The van der Waals surface area contributed by atoms with E-state index < -0.39 is 0 Å². The van der Waals surface area contributed by atoms with E-state index in [1.165, 1.54) is 24.8 Å². The van der Waals surface area contributed by atoms with Gasteiger partial charge in [-0.05, 0) is 48.8 Å². The molecule has 0 radical (unpaired) electrons. The molecular weight excluding hydrogens is 198 g/mol. The lowest BCUT2D eigenvalue weighted by atomic mass is 9.97. The van der Waals surface area contributed by atoms with Crippen LogP contribution >= 0.6 is 0 Å². The minimum absolute atomic E-state index is 0.118. The highest BCUT2D eigenvalue weighted by atomic mass is 16.5. The van der Waals surface area contributed by atoms with Gasteiger partial charge in [-0.3, -0.25) is 0 Å². The number of hydrogen-bond acceptors (Lipinski definition) is 2. The van der Waals surface area contributed by atoms with Gasteiger partial charge in [0.25, 0.3) is 0 Å². The Morgan fingerprint density at radius 1 is 1.25 bits per heavy atom. The minimum atomic E-state index is 0.118. The third-order valence-corrected chi connectivity index (χ3v) is 4.46. The number of benzene rings is 1. The van der Waals surface area contributed by atoms with Crippen LogP contribution in [0.4, 0.5) is 0 Å². The quantitative estimate of drug-likeness (QED) is 0.843. The van der Waals surface area contributed by atoms with Crippen molar-refractivity contribution in [1.29, 1.82) is 0 Å². The van der Waals surface area contributed by atoms with E-state index in [1.807, 2.05) is 12.1 Å². The number of nitrogens with two attached hydrogens (primary N) is 1. The zero-order valence-corrected chi connectivity index (χ0v) is 9.78. The molecule has 0 aliphatic heterocycles. The van der Waals surface area contributed by atoms with Crippen LogP contribution in [0, 0.1) is 11.8 Å². The molecule has 2 atom stereocenters. The highest BCUT2D eigenvalue weighted by Gasteiger charge is 2.62. The second-order valence-electron chi connectivity index (χ2n) is 5.28. The predicted molar refractivity (Wildman–Crippen MR) is 64.4 cm³/mol. The van der Waals surface area contributed by atoms with Gasteiger partial charge >= 0.3 is 0 Å². The smallest absolute Gasteiger partial charge is 0.118 e. The number of ether oxygens (including phenoxy) is 1. The van der Waals surface area contributed by atoms with Crippen molar-refractivity contribution in [2.45, 2.75) is 31.2 Å². The van der Waals surface area contributed by atoms with Crippen molar-refractivity contribution in [2.75, 3.05) is 7.11 Å². The zero-order chi connectivity index (χ0) is 11.2. The molecule has 2 aliphatic rings. The Hall–Kier alpha value is -1.02. The number of fused-ring (bicyclic) bond motifs is 1. The van der Waals surface area contributed by atoms with Crippen molar-refractivity contribution < 1.29 is 4.74 Å². The molecule has 2 unspecified atom stereocenters. The lowest BCUT2D eigenvalue weighted by molar-refractivity contribution is 0.414. The van der Waals surface area contributed by atoms with Crippen molar-refractivity contribution in [3.05, 3.63) is 29.8 Å². The van der Waals surface area contributed by atoms with Crippen LogP contribution in [0.5, 0.6) is 5.75 Å². The third kappa shape index (κ3) is 1.44. The molecule has 2 fully saturated rings. The van der Waals surface area contributed by atoms with E-state index in [-0.39, 0.29) is 5.54 Å². The molecule has 3 rings (SSSR count). The molecule has 1 aromatic carbocycles. The van der Waals surface area contributed by atoms with Gasteiger partial charge in [0.15, 0.2) is 0 Å². The predicted octanol–water partition coefficient (Wildman–Crippen LogP) is 2.37. The summed E-state index contributed by atoms with van der Waals surface area (Å²) in [4.78, 5) is 0. The highest BCUT2D eigenvalue weighted by molar-refractivity contribution is 5.31. The van der Waals surface area contributed by atoms with Gasteiger partial charge in [-0.15, -0.1) is 0 Å². The molecular formula is C14H19NO. The largest absolute Gasteiger partial charge is 0.497 e. The second kappa shape index (κ2) is 3.49. The summed E-state index contributed by atoms with van der Waals surface area (Å²) in [5.41, 5.74) is 7.93. The zero-order valence-electron chi connectivity index (χ0n) is 9.78. The monoisotopic (exact) mass is 217 g/mol. The molecule has 0 bridgehead atoms. The van der Waals surface area contributed by atoms with Gasteiger partial charge in [0.2, 0.25) is 0 Å². The molecule has 86 valence electrons. The fourth-order valence-corrected chi connectivity index (χ4v) is 3.49. The first-order valence-corrected chi connectivity index (χ1v) is 6.16. The molecule has 0 amide bonds. The Labute approximate surface area is 96.8 Å². The first-order chi connectivity index (χ1) is 7.74. The van der Waals surface area contributed by atoms with Crippen LogP contribution < -0.4 is 10.5 Å². The van der Waals surface area contributed by atoms with Gasteiger partial charge < -0.3 is 10.5 Å². The summed E-state index contributed by atoms with van der Waals surface area (Å²) >= 11 is 0. The lowest BCUT2D eigenvalue weighted by Gasteiger charge is -2.15. The number of rotatable bonds is 3. The summed E-state index contributed by atoms with van der Waals surface area (Å²) in [6, 6.07) is 8.33. The fraction of sp³-hybridized carbons (Fsp3) is 0.571. The average molecular weight is 217 g/mol. The molecule has 16 heavy (non-hydrogen) atoms. The minimum Gasteiger partial charge on any atom is -0.497 e. The third-order valence-electron chi connectivity index (χ3n) is 4.46. The van der Waals surface area contributed by atoms with Crippen molar-refractivity contribution in [3.63, 3.8) is 0 Å². The summed E-state index contributed by atoms with van der Waals surface area (Å²) in [5, 5.41) is 0. The normalized spacial score (nSPS) is 35.9. The van der Waals surface area contributed by atoms with Gasteiger partial charge in [-0.2, -0.15) is 0 Å². The highest BCUT2D eigenvalue weighted by Crippen LogP contribution is 2.60. The molecule has 1 aromatic rings.